The number of hydrogen-bond acceptors (Lipinski definition) is 3. The maximum atomic E-state index is 11.1. The SMILES string of the molecule is C=CC(=O)N1CCCNCC1.O=C(O)C(F)(F)F. The lowest BCUT2D eigenvalue weighted by Crippen LogP contribution is -2.32. The van der Waals surface area contributed by atoms with Crippen molar-refractivity contribution in [2.24, 2.45) is 0 Å². The highest BCUT2D eigenvalue weighted by molar-refractivity contribution is 5.86. The normalized spacial score (nSPS) is 16.1. The summed E-state index contributed by atoms with van der Waals surface area (Å²) in [5, 5.41) is 10.4. The van der Waals surface area contributed by atoms with Gasteiger partial charge in [-0.2, -0.15) is 13.2 Å². The molecule has 1 fully saturated rings. The first-order valence-electron chi connectivity index (χ1n) is 5.21. The van der Waals surface area contributed by atoms with E-state index >= 15 is 0 Å². The smallest absolute Gasteiger partial charge is 0.475 e. The first-order valence-corrected chi connectivity index (χ1v) is 5.21. The third-order valence-electron chi connectivity index (χ3n) is 2.07. The second-order valence-electron chi connectivity index (χ2n) is 3.44. The molecule has 1 aliphatic heterocycles. The molecule has 2 N–H and O–H groups in total. The van der Waals surface area contributed by atoms with Crippen LogP contribution >= 0.6 is 0 Å². The van der Waals surface area contributed by atoms with Gasteiger partial charge in [0.2, 0.25) is 5.91 Å². The van der Waals surface area contributed by atoms with Gasteiger partial charge in [-0.3, -0.25) is 4.79 Å². The Balaban J connectivity index is 0.000000360. The summed E-state index contributed by atoms with van der Waals surface area (Å²) in [7, 11) is 0. The van der Waals surface area contributed by atoms with Crippen LogP contribution in [0.5, 0.6) is 0 Å². The highest BCUT2D eigenvalue weighted by Gasteiger charge is 2.38. The molecule has 1 amide bonds. The molecule has 0 spiro atoms. The van der Waals surface area contributed by atoms with Gasteiger partial charge >= 0.3 is 12.1 Å². The van der Waals surface area contributed by atoms with Gasteiger partial charge in [0.15, 0.2) is 0 Å². The Kier molecular flexibility index (Phi) is 7.03. The molecule has 1 aliphatic rings. The van der Waals surface area contributed by atoms with E-state index < -0.39 is 12.1 Å². The molecule has 0 atom stereocenters. The molecule has 0 aromatic carbocycles. The molecule has 0 radical (unpaired) electrons. The predicted octanol–water partition coefficient (Wildman–Crippen LogP) is 0.628. The fraction of sp³-hybridized carbons (Fsp3) is 0.600. The molecule has 0 aliphatic carbocycles. The summed E-state index contributed by atoms with van der Waals surface area (Å²) < 4.78 is 31.7. The summed E-state index contributed by atoms with van der Waals surface area (Å²) in [5.74, 6) is -2.71. The van der Waals surface area contributed by atoms with Gasteiger partial charge in [-0.05, 0) is 19.0 Å². The summed E-state index contributed by atoms with van der Waals surface area (Å²) in [6.07, 6.45) is -2.66. The predicted molar refractivity (Wildman–Crippen MR) is 58.0 cm³/mol. The molecule has 104 valence electrons. The van der Waals surface area contributed by atoms with Crippen LogP contribution in [0.1, 0.15) is 6.42 Å². The van der Waals surface area contributed by atoms with Gasteiger partial charge in [-0.15, -0.1) is 0 Å². The number of alkyl halides is 3. The number of nitrogens with one attached hydrogen (secondary N) is 1. The largest absolute Gasteiger partial charge is 0.490 e. The van der Waals surface area contributed by atoms with Crippen LogP contribution in [0.4, 0.5) is 13.2 Å². The van der Waals surface area contributed by atoms with Crippen molar-refractivity contribution in [3.63, 3.8) is 0 Å². The van der Waals surface area contributed by atoms with Gasteiger partial charge in [0.25, 0.3) is 0 Å². The average Bonchev–Trinajstić information content (AvgIpc) is 2.56. The molecule has 8 heteroatoms. The lowest BCUT2D eigenvalue weighted by atomic mass is 10.4. The number of aliphatic carboxylic acids is 1. The average molecular weight is 268 g/mol. The molecular weight excluding hydrogens is 253 g/mol. The third kappa shape index (κ3) is 6.89. The molecule has 1 rings (SSSR count). The van der Waals surface area contributed by atoms with Crippen LogP contribution in [0.2, 0.25) is 0 Å². The Hall–Kier alpha value is -1.57. The second kappa shape index (κ2) is 7.70. The third-order valence-corrected chi connectivity index (χ3v) is 2.07. The summed E-state index contributed by atoms with van der Waals surface area (Å²) in [4.78, 5) is 21.8. The highest BCUT2D eigenvalue weighted by atomic mass is 19.4. The molecule has 0 aromatic rings. The van der Waals surface area contributed by atoms with Gasteiger partial charge in [-0.1, -0.05) is 6.58 Å². The van der Waals surface area contributed by atoms with E-state index in [2.05, 4.69) is 11.9 Å². The zero-order valence-electron chi connectivity index (χ0n) is 9.66. The Morgan fingerprint density at radius 3 is 2.28 bits per heavy atom. The lowest BCUT2D eigenvalue weighted by molar-refractivity contribution is -0.192. The molecule has 5 nitrogen and oxygen atoms in total. The Morgan fingerprint density at radius 1 is 1.28 bits per heavy atom. The fourth-order valence-electron chi connectivity index (χ4n) is 1.20. The molecule has 0 unspecified atom stereocenters. The molecule has 0 aromatic heterocycles. The van der Waals surface area contributed by atoms with E-state index in [1.54, 1.807) is 0 Å². The van der Waals surface area contributed by atoms with Crippen LogP contribution < -0.4 is 5.32 Å². The van der Waals surface area contributed by atoms with Gasteiger partial charge in [0, 0.05) is 19.6 Å². The number of hydrogen-bond donors (Lipinski definition) is 2. The molecule has 18 heavy (non-hydrogen) atoms. The zero-order chi connectivity index (χ0) is 14.2. The maximum Gasteiger partial charge on any atom is 0.490 e. The van der Waals surface area contributed by atoms with E-state index in [9.17, 15) is 18.0 Å². The molecule has 1 saturated heterocycles. The van der Waals surface area contributed by atoms with E-state index in [0.717, 1.165) is 32.6 Å². The van der Waals surface area contributed by atoms with Crippen molar-refractivity contribution in [1.82, 2.24) is 10.2 Å². The van der Waals surface area contributed by atoms with Gasteiger partial charge < -0.3 is 15.3 Å². The monoisotopic (exact) mass is 268 g/mol. The van der Waals surface area contributed by atoms with Crippen LogP contribution in [0, 0.1) is 0 Å². The van der Waals surface area contributed by atoms with Crippen molar-refractivity contribution in [2.45, 2.75) is 12.6 Å². The number of halogens is 3. The van der Waals surface area contributed by atoms with E-state index in [1.807, 2.05) is 4.90 Å². The summed E-state index contributed by atoms with van der Waals surface area (Å²) in [6, 6.07) is 0. The summed E-state index contributed by atoms with van der Waals surface area (Å²) in [6.45, 7) is 7.04. The molecular formula is C10H15F3N2O3. The first kappa shape index (κ1) is 16.4. The molecule has 0 bridgehead atoms. The van der Waals surface area contributed by atoms with Crippen LogP contribution in [0.25, 0.3) is 0 Å². The van der Waals surface area contributed by atoms with Crippen LogP contribution in [0.15, 0.2) is 12.7 Å². The molecule has 0 saturated carbocycles. The second-order valence-corrected chi connectivity index (χ2v) is 3.44. The Morgan fingerprint density at radius 2 is 1.83 bits per heavy atom. The zero-order valence-corrected chi connectivity index (χ0v) is 9.66. The fourth-order valence-corrected chi connectivity index (χ4v) is 1.20. The Bertz CT molecular complexity index is 297. The minimum atomic E-state index is -5.08. The number of nitrogens with zero attached hydrogens (tertiary/aromatic N) is 1. The van der Waals surface area contributed by atoms with Gasteiger partial charge in [0.1, 0.15) is 0 Å². The van der Waals surface area contributed by atoms with Crippen LogP contribution in [-0.4, -0.2) is 54.2 Å². The van der Waals surface area contributed by atoms with Crippen molar-refractivity contribution in [1.29, 1.82) is 0 Å². The lowest BCUT2D eigenvalue weighted by Gasteiger charge is -2.17. The van der Waals surface area contributed by atoms with Gasteiger partial charge in [0.05, 0.1) is 0 Å². The minimum absolute atomic E-state index is 0.0497. The van der Waals surface area contributed by atoms with Crippen molar-refractivity contribution >= 4 is 11.9 Å². The van der Waals surface area contributed by atoms with E-state index in [4.69, 9.17) is 9.90 Å². The Labute approximate surface area is 102 Å². The van der Waals surface area contributed by atoms with Gasteiger partial charge in [-0.25, -0.2) is 4.79 Å². The van der Waals surface area contributed by atoms with E-state index in [0.29, 0.717) is 0 Å². The topological polar surface area (TPSA) is 69.6 Å². The highest BCUT2D eigenvalue weighted by Crippen LogP contribution is 2.13. The number of carbonyl (C=O) groups is 2. The number of amides is 1. The number of carbonyl (C=O) groups excluding carboxylic acids is 1. The summed E-state index contributed by atoms with van der Waals surface area (Å²) in [5.41, 5.74) is 0. The number of carboxylic acids is 1. The standard InChI is InChI=1S/C8H14N2O.C2HF3O2/c1-2-8(11)10-6-3-4-9-5-7-10;3-2(4,5)1(6)7/h2,9H,1,3-7H2;(H,6,7). The first-order chi connectivity index (χ1) is 8.29. The van der Waals surface area contributed by atoms with Crippen molar-refractivity contribution in [3.8, 4) is 0 Å². The number of rotatable bonds is 1. The summed E-state index contributed by atoms with van der Waals surface area (Å²) >= 11 is 0. The van der Waals surface area contributed by atoms with E-state index in [1.165, 1.54) is 6.08 Å². The van der Waals surface area contributed by atoms with E-state index in [-0.39, 0.29) is 5.91 Å². The van der Waals surface area contributed by atoms with Crippen LogP contribution in [-0.2, 0) is 9.59 Å². The quantitative estimate of drug-likeness (QED) is 0.684. The number of carboxylic acid groups (broad SMARTS) is 1. The van der Waals surface area contributed by atoms with Crippen molar-refractivity contribution < 1.29 is 27.9 Å². The maximum absolute atomic E-state index is 11.1. The van der Waals surface area contributed by atoms with Crippen LogP contribution in [0.3, 0.4) is 0 Å². The van der Waals surface area contributed by atoms with Crippen molar-refractivity contribution in [2.75, 3.05) is 26.2 Å². The minimum Gasteiger partial charge on any atom is -0.475 e. The molecule has 1 heterocycles. The van der Waals surface area contributed by atoms with Crippen molar-refractivity contribution in [3.05, 3.63) is 12.7 Å².